The number of alkyl carbamates (subject to hydrolysis) is 1. The Morgan fingerprint density at radius 3 is 1.89 bits per heavy atom. The second kappa shape index (κ2) is 14.5. The third-order valence-corrected chi connectivity index (χ3v) is 5.25. The molecule has 1 aromatic rings. The van der Waals surface area contributed by atoms with Crippen LogP contribution in [0.4, 0.5) is 4.79 Å². The molecule has 0 saturated carbocycles. The number of nitrogens with zero attached hydrogens (tertiary/aromatic N) is 1. The van der Waals surface area contributed by atoms with Crippen LogP contribution in [-0.2, 0) is 11.3 Å². The summed E-state index contributed by atoms with van der Waals surface area (Å²) in [5, 5.41) is 2.92. The van der Waals surface area contributed by atoms with Crippen molar-refractivity contribution in [3.63, 3.8) is 0 Å². The van der Waals surface area contributed by atoms with E-state index in [1.54, 1.807) is 0 Å². The van der Waals surface area contributed by atoms with Gasteiger partial charge in [-0.3, -0.25) is 0 Å². The molecule has 1 rings (SSSR count). The molecule has 0 atom stereocenters. The highest BCUT2D eigenvalue weighted by Gasteiger charge is 2.25. The van der Waals surface area contributed by atoms with Gasteiger partial charge in [-0.15, -0.1) is 0 Å². The van der Waals surface area contributed by atoms with Crippen LogP contribution < -0.4 is 5.32 Å². The van der Waals surface area contributed by atoms with Crippen molar-refractivity contribution in [1.82, 2.24) is 5.32 Å². The molecule has 4 nitrogen and oxygen atoms in total. The third-order valence-electron chi connectivity index (χ3n) is 5.25. The molecular formula is C23H41N2O2+. The maximum Gasteiger partial charge on any atom is 0.407 e. The lowest BCUT2D eigenvalue weighted by atomic mass is 10.1. The number of unbranched alkanes of at least 4 members (excludes halogenated alkanes) is 3. The number of carbonyl (C=O) groups is 1. The van der Waals surface area contributed by atoms with Crippen LogP contribution in [0.2, 0.25) is 0 Å². The van der Waals surface area contributed by atoms with Crippen LogP contribution in [0, 0.1) is 0 Å². The van der Waals surface area contributed by atoms with Gasteiger partial charge in [-0.1, -0.05) is 70.4 Å². The topological polar surface area (TPSA) is 38.3 Å². The SMILES string of the molecule is CCCC[N+](CCCC)(CCCC)CCCNC(=O)OCc1ccccc1. The van der Waals surface area contributed by atoms with Crippen molar-refractivity contribution >= 4 is 6.09 Å². The Hall–Kier alpha value is -1.55. The van der Waals surface area contributed by atoms with E-state index in [0.29, 0.717) is 13.2 Å². The van der Waals surface area contributed by atoms with Crippen LogP contribution in [0.25, 0.3) is 0 Å². The molecule has 0 aliphatic rings. The summed E-state index contributed by atoms with van der Waals surface area (Å²) in [6.07, 6.45) is 8.33. The molecule has 0 aliphatic heterocycles. The van der Waals surface area contributed by atoms with Gasteiger partial charge in [0.25, 0.3) is 0 Å². The molecule has 0 spiro atoms. The molecule has 0 bridgehead atoms. The monoisotopic (exact) mass is 377 g/mol. The molecule has 0 heterocycles. The molecule has 1 amide bonds. The Kier molecular flexibility index (Phi) is 12.6. The fourth-order valence-corrected chi connectivity index (χ4v) is 3.53. The maximum absolute atomic E-state index is 11.9. The average Bonchev–Trinajstić information content (AvgIpc) is 2.71. The lowest BCUT2D eigenvalue weighted by Crippen LogP contribution is -2.51. The fourth-order valence-electron chi connectivity index (χ4n) is 3.53. The number of quaternary nitrogens is 1. The predicted octanol–water partition coefficient (Wildman–Crippen LogP) is 5.52. The predicted molar refractivity (Wildman–Crippen MR) is 114 cm³/mol. The average molecular weight is 378 g/mol. The van der Waals surface area contributed by atoms with Crippen LogP contribution in [0.1, 0.15) is 71.3 Å². The maximum atomic E-state index is 11.9. The molecule has 0 aliphatic carbocycles. The van der Waals surface area contributed by atoms with E-state index in [2.05, 4.69) is 26.1 Å². The van der Waals surface area contributed by atoms with E-state index in [1.165, 1.54) is 62.6 Å². The van der Waals surface area contributed by atoms with E-state index >= 15 is 0 Å². The van der Waals surface area contributed by atoms with Gasteiger partial charge in [-0.2, -0.15) is 0 Å². The Morgan fingerprint density at radius 1 is 0.852 bits per heavy atom. The van der Waals surface area contributed by atoms with Crippen LogP contribution in [-0.4, -0.2) is 43.3 Å². The van der Waals surface area contributed by atoms with E-state index < -0.39 is 0 Å². The number of amides is 1. The smallest absolute Gasteiger partial charge is 0.407 e. The van der Waals surface area contributed by atoms with Crippen LogP contribution >= 0.6 is 0 Å². The molecule has 154 valence electrons. The van der Waals surface area contributed by atoms with Gasteiger partial charge >= 0.3 is 6.09 Å². The van der Waals surface area contributed by atoms with Gasteiger partial charge in [-0.25, -0.2) is 4.79 Å². The standard InChI is InChI=1S/C23H40N2O2/c1-4-7-17-25(18-8-5-2,19-9-6-3)20-13-16-24-23(26)27-21-22-14-11-10-12-15-22/h10-12,14-15H,4-9,13,16-21H2,1-3H3/p+1. The summed E-state index contributed by atoms with van der Waals surface area (Å²) in [5.41, 5.74) is 1.02. The highest BCUT2D eigenvalue weighted by molar-refractivity contribution is 5.67. The quantitative estimate of drug-likeness (QED) is 0.323. The van der Waals surface area contributed by atoms with Crippen molar-refractivity contribution in [2.24, 2.45) is 0 Å². The Morgan fingerprint density at radius 2 is 1.37 bits per heavy atom. The van der Waals surface area contributed by atoms with Gasteiger partial charge < -0.3 is 14.5 Å². The summed E-state index contributed by atoms with van der Waals surface area (Å²) < 4.78 is 6.52. The van der Waals surface area contributed by atoms with Crippen LogP contribution in [0.15, 0.2) is 30.3 Å². The molecular weight excluding hydrogens is 336 g/mol. The van der Waals surface area contributed by atoms with Gasteiger partial charge in [0.15, 0.2) is 0 Å². The van der Waals surface area contributed by atoms with Gasteiger partial charge in [0, 0.05) is 13.0 Å². The molecule has 0 unspecified atom stereocenters. The highest BCUT2D eigenvalue weighted by atomic mass is 16.5. The molecule has 0 saturated heterocycles. The number of benzene rings is 1. The van der Waals surface area contributed by atoms with Crippen molar-refractivity contribution in [2.75, 3.05) is 32.7 Å². The fraction of sp³-hybridized carbons (Fsp3) is 0.696. The lowest BCUT2D eigenvalue weighted by Gasteiger charge is -2.39. The van der Waals surface area contributed by atoms with Crippen LogP contribution in [0.5, 0.6) is 0 Å². The minimum Gasteiger partial charge on any atom is -0.445 e. The molecule has 0 fully saturated rings. The van der Waals surface area contributed by atoms with E-state index in [1.807, 2.05) is 30.3 Å². The van der Waals surface area contributed by atoms with E-state index in [0.717, 1.165) is 18.5 Å². The van der Waals surface area contributed by atoms with Crippen molar-refractivity contribution in [1.29, 1.82) is 0 Å². The summed E-state index contributed by atoms with van der Waals surface area (Å²) >= 11 is 0. The third kappa shape index (κ3) is 10.4. The molecule has 0 radical (unpaired) electrons. The first-order valence-corrected chi connectivity index (χ1v) is 11.0. The highest BCUT2D eigenvalue weighted by Crippen LogP contribution is 2.15. The second-order valence-electron chi connectivity index (χ2n) is 7.64. The van der Waals surface area contributed by atoms with Gasteiger partial charge in [0.2, 0.25) is 0 Å². The molecule has 27 heavy (non-hydrogen) atoms. The van der Waals surface area contributed by atoms with Crippen LogP contribution in [0.3, 0.4) is 0 Å². The molecule has 0 aromatic heterocycles. The minimum atomic E-state index is -0.312. The number of rotatable bonds is 15. The summed E-state index contributed by atoms with van der Waals surface area (Å²) in [5.74, 6) is 0. The summed E-state index contributed by atoms with van der Waals surface area (Å²) in [6.45, 7) is 12.8. The van der Waals surface area contributed by atoms with Gasteiger partial charge in [0.05, 0.1) is 26.2 Å². The first-order chi connectivity index (χ1) is 13.2. The van der Waals surface area contributed by atoms with Crippen molar-refractivity contribution in [3.05, 3.63) is 35.9 Å². The first-order valence-electron chi connectivity index (χ1n) is 11.0. The summed E-state index contributed by atoms with van der Waals surface area (Å²) in [4.78, 5) is 11.9. The number of hydrogen-bond acceptors (Lipinski definition) is 2. The summed E-state index contributed by atoms with van der Waals surface area (Å²) in [7, 11) is 0. The van der Waals surface area contributed by atoms with Gasteiger partial charge in [-0.05, 0) is 24.8 Å². The lowest BCUT2D eigenvalue weighted by molar-refractivity contribution is -0.929. The Bertz CT molecular complexity index is 469. The molecule has 1 N–H and O–H groups in total. The normalized spacial score (nSPS) is 11.4. The number of ether oxygens (including phenoxy) is 1. The Balaban J connectivity index is 2.40. The molecule has 1 aromatic carbocycles. The second-order valence-corrected chi connectivity index (χ2v) is 7.64. The van der Waals surface area contributed by atoms with E-state index in [4.69, 9.17) is 4.74 Å². The van der Waals surface area contributed by atoms with Gasteiger partial charge in [0.1, 0.15) is 6.61 Å². The summed E-state index contributed by atoms with van der Waals surface area (Å²) in [6, 6.07) is 9.81. The van der Waals surface area contributed by atoms with Crippen molar-refractivity contribution in [2.45, 2.75) is 72.3 Å². The number of nitrogens with one attached hydrogen (secondary N) is 1. The zero-order chi connectivity index (χ0) is 19.8. The van der Waals surface area contributed by atoms with E-state index in [-0.39, 0.29) is 6.09 Å². The first kappa shape index (κ1) is 23.5. The zero-order valence-corrected chi connectivity index (χ0v) is 17.8. The molecule has 4 heteroatoms. The number of hydrogen-bond donors (Lipinski definition) is 1. The minimum absolute atomic E-state index is 0.312. The Labute approximate surface area is 166 Å². The van der Waals surface area contributed by atoms with Crippen molar-refractivity contribution < 1.29 is 14.0 Å². The van der Waals surface area contributed by atoms with E-state index in [9.17, 15) is 4.79 Å². The number of carbonyl (C=O) groups excluding carboxylic acids is 1. The van der Waals surface area contributed by atoms with Crippen molar-refractivity contribution in [3.8, 4) is 0 Å². The largest absolute Gasteiger partial charge is 0.445 e. The zero-order valence-electron chi connectivity index (χ0n) is 17.8.